The first-order valence-corrected chi connectivity index (χ1v) is 8.36. The van der Waals surface area contributed by atoms with Gasteiger partial charge in [0.2, 0.25) is 17.7 Å². The molecule has 0 saturated carbocycles. The Balaban J connectivity index is 2.10. The molecular formula is C19H20ClN3O3. The smallest absolute Gasteiger partial charge is 0.244 e. The van der Waals surface area contributed by atoms with Crippen molar-refractivity contribution in [3.8, 4) is 0 Å². The van der Waals surface area contributed by atoms with E-state index >= 15 is 0 Å². The lowest BCUT2D eigenvalue weighted by Gasteiger charge is -2.23. The van der Waals surface area contributed by atoms with Crippen LogP contribution in [0.1, 0.15) is 19.4 Å². The highest BCUT2D eigenvalue weighted by Gasteiger charge is 2.18. The summed E-state index contributed by atoms with van der Waals surface area (Å²) in [7, 11) is 0. The molecule has 0 radical (unpaired) electrons. The molecule has 0 spiro atoms. The van der Waals surface area contributed by atoms with Crippen LogP contribution in [0.2, 0.25) is 5.02 Å². The quantitative estimate of drug-likeness (QED) is 0.840. The summed E-state index contributed by atoms with van der Waals surface area (Å²) in [5, 5.41) is 5.91. The lowest BCUT2D eigenvalue weighted by molar-refractivity contribution is -0.120. The fourth-order valence-corrected chi connectivity index (χ4v) is 2.61. The van der Waals surface area contributed by atoms with Gasteiger partial charge in [-0.2, -0.15) is 0 Å². The van der Waals surface area contributed by atoms with Gasteiger partial charge >= 0.3 is 0 Å². The van der Waals surface area contributed by atoms with Crippen LogP contribution in [0.15, 0.2) is 42.5 Å². The summed E-state index contributed by atoms with van der Waals surface area (Å²) < 4.78 is 0. The van der Waals surface area contributed by atoms with Crippen molar-refractivity contribution in [3.63, 3.8) is 0 Å². The molecule has 3 amide bonds. The molecule has 0 saturated heterocycles. The van der Waals surface area contributed by atoms with Crippen molar-refractivity contribution in [2.24, 2.45) is 0 Å². The van der Waals surface area contributed by atoms with Crippen LogP contribution in [-0.2, 0) is 14.4 Å². The van der Waals surface area contributed by atoms with E-state index in [0.29, 0.717) is 22.1 Å². The normalized spacial score (nSPS) is 10.2. The Labute approximate surface area is 157 Å². The first kappa shape index (κ1) is 19.5. The molecule has 2 rings (SSSR count). The summed E-state index contributed by atoms with van der Waals surface area (Å²) in [4.78, 5) is 36.8. The fourth-order valence-electron chi connectivity index (χ4n) is 2.44. The van der Waals surface area contributed by atoms with E-state index in [1.807, 2.05) is 0 Å². The molecule has 0 bridgehead atoms. The summed E-state index contributed by atoms with van der Waals surface area (Å²) in [6.07, 6.45) is 0. The van der Waals surface area contributed by atoms with Crippen molar-refractivity contribution < 1.29 is 14.4 Å². The Kier molecular flexibility index (Phi) is 6.36. The van der Waals surface area contributed by atoms with E-state index in [0.717, 1.165) is 5.56 Å². The zero-order chi connectivity index (χ0) is 19.3. The van der Waals surface area contributed by atoms with E-state index in [1.165, 1.54) is 18.7 Å². The van der Waals surface area contributed by atoms with Gasteiger partial charge in [-0.15, -0.1) is 0 Å². The van der Waals surface area contributed by atoms with Gasteiger partial charge in [-0.3, -0.25) is 14.4 Å². The molecule has 0 aliphatic rings. The van der Waals surface area contributed by atoms with Crippen LogP contribution in [-0.4, -0.2) is 24.3 Å². The van der Waals surface area contributed by atoms with Crippen molar-refractivity contribution in [2.75, 3.05) is 22.1 Å². The number of hydrogen-bond acceptors (Lipinski definition) is 3. The standard InChI is InChI=1S/C19H20ClN3O3/c1-12-17(20)5-4-6-18(12)23(14(3)25)11-19(26)22-16-9-7-15(8-10-16)21-13(2)24/h4-10H,11H2,1-3H3,(H,21,24)(H,22,26). The summed E-state index contributed by atoms with van der Waals surface area (Å²) >= 11 is 6.11. The highest BCUT2D eigenvalue weighted by atomic mass is 35.5. The Morgan fingerprint density at radius 3 is 2.08 bits per heavy atom. The van der Waals surface area contributed by atoms with Crippen LogP contribution in [0.25, 0.3) is 0 Å². The molecule has 0 unspecified atom stereocenters. The maximum absolute atomic E-state index is 12.4. The minimum absolute atomic E-state index is 0.135. The number of carbonyl (C=O) groups is 3. The molecule has 2 aromatic rings. The van der Waals surface area contributed by atoms with Gasteiger partial charge in [0.15, 0.2) is 0 Å². The lowest BCUT2D eigenvalue weighted by Crippen LogP contribution is -2.37. The largest absolute Gasteiger partial charge is 0.326 e. The number of amides is 3. The van der Waals surface area contributed by atoms with Gasteiger partial charge in [0.05, 0.1) is 0 Å². The van der Waals surface area contributed by atoms with E-state index in [2.05, 4.69) is 10.6 Å². The van der Waals surface area contributed by atoms with Crippen LogP contribution >= 0.6 is 11.6 Å². The van der Waals surface area contributed by atoms with E-state index in [1.54, 1.807) is 49.4 Å². The fraction of sp³-hybridized carbons (Fsp3) is 0.211. The number of benzene rings is 2. The molecule has 0 fully saturated rings. The second-order valence-corrected chi connectivity index (χ2v) is 6.20. The molecule has 0 atom stereocenters. The third kappa shape index (κ3) is 5.07. The topological polar surface area (TPSA) is 78.5 Å². The Bertz CT molecular complexity index is 834. The molecule has 0 aliphatic carbocycles. The zero-order valence-corrected chi connectivity index (χ0v) is 15.6. The number of rotatable bonds is 5. The van der Waals surface area contributed by atoms with Crippen molar-refractivity contribution in [1.82, 2.24) is 0 Å². The molecule has 2 aromatic carbocycles. The third-order valence-corrected chi connectivity index (χ3v) is 4.11. The Hall–Kier alpha value is -2.86. The maximum Gasteiger partial charge on any atom is 0.244 e. The van der Waals surface area contributed by atoms with Crippen LogP contribution in [0, 0.1) is 6.92 Å². The van der Waals surface area contributed by atoms with Gasteiger partial charge in [0.25, 0.3) is 0 Å². The summed E-state index contributed by atoms with van der Waals surface area (Å²) in [5.41, 5.74) is 2.53. The number of carbonyl (C=O) groups excluding carboxylic acids is 3. The van der Waals surface area contributed by atoms with E-state index in [4.69, 9.17) is 11.6 Å². The molecule has 0 heterocycles. The molecule has 6 nitrogen and oxygen atoms in total. The molecule has 7 heteroatoms. The van der Waals surface area contributed by atoms with Crippen LogP contribution in [0.5, 0.6) is 0 Å². The second-order valence-electron chi connectivity index (χ2n) is 5.80. The molecule has 26 heavy (non-hydrogen) atoms. The van der Waals surface area contributed by atoms with E-state index in [-0.39, 0.29) is 24.3 Å². The van der Waals surface area contributed by atoms with Gasteiger partial charge in [0.1, 0.15) is 6.54 Å². The van der Waals surface area contributed by atoms with Gasteiger partial charge in [0, 0.05) is 35.9 Å². The van der Waals surface area contributed by atoms with Gasteiger partial charge in [-0.1, -0.05) is 17.7 Å². The average molecular weight is 374 g/mol. The highest BCUT2D eigenvalue weighted by molar-refractivity contribution is 6.31. The molecule has 0 aliphatic heterocycles. The highest BCUT2D eigenvalue weighted by Crippen LogP contribution is 2.26. The molecular weight excluding hydrogens is 354 g/mol. The minimum atomic E-state index is -0.341. The number of hydrogen-bond donors (Lipinski definition) is 2. The minimum Gasteiger partial charge on any atom is -0.326 e. The maximum atomic E-state index is 12.4. The zero-order valence-electron chi connectivity index (χ0n) is 14.8. The number of nitrogens with zero attached hydrogens (tertiary/aromatic N) is 1. The Morgan fingerprint density at radius 2 is 1.54 bits per heavy atom. The van der Waals surface area contributed by atoms with Crippen LogP contribution in [0.4, 0.5) is 17.1 Å². The van der Waals surface area contributed by atoms with E-state index in [9.17, 15) is 14.4 Å². The van der Waals surface area contributed by atoms with Crippen molar-refractivity contribution in [1.29, 1.82) is 0 Å². The lowest BCUT2D eigenvalue weighted by atomic mass is 10.1. The monoisotopic (exact) mass is 373 g/mol. The number of nitrogens with one attached hydrogen (secondary N) is 2. The summed E-state index contributed by atoms with van der Waals surface area (Å²) in [6.45, 7) is 4.48. The van der Waals surface area contributed by atoms with Crippen molar-refractivity contribution >= 4 is 46.4 Å². The van der Waals surface area contributed by atoms with Crippen LogP contribution in [0.3, 0.4) is 0 Å². The third-order valence-electron chi connectivity index (χ3n) is 3.70. The summed E-state index contributed by atoms with van der Waals surface area (Å²) in [6, 6.07) is 11.9. The van der Waals surface area contributed by atoms with Gasteiger partial charge in [-0.05, 0) is 48.9 Å². The molecule has 0 aromatic heterocycles. The summed E-state index contributed by atoms with van der Waals surface area (Å²) in [5.74, 6) is -0.769. The first-order valence-electron chi connectivity index (χ1n) is 7.98. The van der Waals surface area contributed by atoms with Crippen molar-refractivity contribution in [2.45, 2.75) is 20.8 Å². The molecule has 136 valence electrons. The molecule has 2 N–H and O–H groups in total. The number of anilines is 3. The predicted molar refractivity (Wildman–Crippen MR) is 104 cm³/mol. The Morgan fingerprint density at radius 1 is 0.962 bits per heavy atom. The SMILES string of the molecule is CC(=O)Nc1ccc(NC(=O)CN(C(C)=O)c2cccc(Cl)c2C)cc1. The first-order chi connectivity index (χ1) is 12.3. The van der Waals surface area contributed by atoms with Crippen molar-refractivity contribution in [3.05, 3.63) is 53.1 Å². The van der Waals surface area contributed by atoms with E-state index < -0.39 is 0 Å². The van der Waals surface area contributed by atoms with Gasteiger partial charge in [-0.25, -0.2) is 0 Å². The average Bonchev–Trinajstić information content (AvgIpc) is 2.56. The van der Waals surface area contributed by atoms with Crippen LogP contribution < -0.4 is 15.5 Å². The number of halogens is 1. The second kappa shape index (κ2) is 8.49. The predicted octanol–water partition coefficient (Wildman–Crippen LogP) is 3.60. The van der Waals surface area contributed by atoms with Gasteiger partial charge < -0.3 is 15.5 Å².